The number of fused-ring (bicyclic) bond motifs is 1. The summed E-state index contributed by atoms with van der Waals surface area (Å²) in [5, 5.41) is 2.95. The molecule has 1 N–H and O–H groups in total. The van der Waals surface area contributed by atoms with Crippen molar-refractivity contribution in [3.05, 3.63) is 23.8 Å². The van der Waals surface area contributed by atoms with Crippen LogP contribution < -0.4 is 10.1 Å². The van der Waals surface area contributed by atoms with Crippen molar-refractivity contribution in [2.75, 3.05) is 52.4 Å². The van der Waals surface area contributed by atoms with Gasteiger partial charge in [-0.2, -0.15) is 0 Å². The summed E-state index contributed by atoms with van der Waals surface area (Å²) in [6, 6.07) is 4.88. The average Bonchev–Trinajstić information content (AvgIpc) is 2.83. The van der Waals surface area contributed by atoms with E-state index in [9.17, 15) is 14.4 Å². The van der Waals surface area contributed by atoms with Crippen LogP contribution in [-0.4, -0.2) is 86.7 Å². The number of methoxy groups -OCH3 is 1. The topological polar surface area (TPSA) is 97.4 Å². The second-order valence-corrected chi connectivity index (χ2v) is 9.36. The van der Waals surface area contributed by atoms with E-state index in [0.717, 1.165) is 0 Å². The van der Waals surface area contributed by atoms with Crippen LogP contribution in [0.3, 0.4) is 0 Å². The Morgan fingerprint density at radius 2 is 1.85 bits per heavy atom. The Balaban J connectivity index is 1.89. The fraction of sp³-hybridized carbons (Fsp3) is 0.640. The van der Waals surface area contributed by atoms with Crippen LogP contribution >= 0.6 is 0 Å². The second-order valence-electron chi connectivity index (χ2n) is 9.36. The van der Waals surface area contributed by atoms with Gasteiger partial charge in [0, 0.05) is 71.0 Å². The molecule has 2 aliphatic heterocycles. The normalized spacial score (nSPS) is 25.0. The summed E-state index contributed by atoms with van der Waals surface area (Å²) in [6.45, 7) is 7.73. The van der Waals surface area contributed by atoms with Gasteiger partial charge in [0.1, 0.15) is 12.4 Å². The van der Waals surface area contributed by atoms with E-state index in [0.29, 0.717) is 56.1 Å². The Labute approximate surface area is 201 Å². The average molecular weight is 476 g/mol. The van der Waals surface area contributed by atoms with E-state index in [4.69, 9.17) is 14.2 Å². The molecule has 2 aliphatic rings. The molecule has 3 rings (SSSR count). The van der Waals surface area contributed by atoms with Crippen molar-refractivity contribution < 1.29 is 28.6 Å². The number of nitrogens with one attached hydrogen (secondary N) is 1. The number of ether oxygens (including phenoxy) is 3. The molecule has 9 heteroatoms. The lowest BCUT2D eigenvalue weighted by Crippen LogP contribution is -2.48. The number of amides is 3. The molecule has 3 atom stereocenters. The van der Waals surface area contributed by atoms with Crippen LogP contribution in [0, 0.1) is 11.8 Å². The van der Waals surface area contributed by atoms with Gasteiger partial charge in [0.05, 0.1) is 17.7 Å². The molecule has 1 saturated heterocycles. The van der Waals surface area contributed by atoms with Gasteiger partial charge in [-0.15, -0.1) is 0 Å². The number of carbonyl (C=O) groups excluding carboxylic acids is 3. The quantitative estimate of drug-likeness (QED) is 0.721. The Hall–Kier alpha value is -2.65. The number of rotatable bonds is 3. The first-order valence-electron chi connectivity index (χ1n) is 11.9. The molecule has 188 valence electrons. The monoisotopic (exact) mass is 475 g/mol. The summed E-state index contributed by atoms with van der Waals surface area (Å²) < 4.78 is 17.1. The summed E-state index contributed by atoms with van der Waals surface area (Å²) in [7, 11) is 3.35. The summed E-state index contributed by atoms with van der Waals surface area (Å²) >= 11 is 0. The van der Waals surface area contributed by atoms with E-state index in [2.05, 4.69) is 5.32 Å². The Bertz CT molecular complexity index is 885. The van der Waals surface area contributed by atoms with Crippen LogP contribution in [0.2, 0.25) is 0 Å². The van der Waals surface area contributed by atoms with E-state index in [1.54, 1.807) is 49.1 Å². The highest BCUT2D eigenvalue weighted by Crippen LogP contribution is 2.28. The van der Waals surface area contributed by atoms with Crippen molar-refractivity contribution in [1.29, 1.82) is 0 Å². The summed E-state index contributed by atoms with van der Waals surface area (Å²) in [6.07, 6.45) is 1.15. The minimum absolute atomic E-state index is 0.0215. The lowest BCUT2D eigenvalue weighted by molar-refractivity contribution is -0.133. The number of likely N-dealkylation sites (N-methyl/N-ethyl adjacent to an activating group) is 1. The molecule has 0 aliphatic carbocycles. The molecule has 0 aromatic heterocycles. The zero-order valence-electron chi connectivity index (χ0n) is 20.8. The third-order valence-electron chi connectivity index (χ3n) is 6.71. The first-order chi connectivity index (χ1) is 16.2. The first kappa shape index (κ1) is 26.0. The van der Waals surface area contributed by atoms with Gasteiger partial charge in [-0.05, 0) is 31.9 Å². The molecular formula is C25H37N3O6. The van der Waals surface area contributed by atoms with E-state index >= 15 is 0 Å². The lowest BCUT2D eigenvalue weighted by atomic mass is 9.99. The Morgan fingerprint density at radius 3 is 2.50 bits per heavy atom. The van der Waals surface area contributed by atoms with Gasteiger partial charge in [0.2, 0.25) is 11.8 Å². The standard InChI is InChI=1S/C25H37N3O6/c1-16-13-28(18(3)29)17(2)15-34-22-12-20(26-24(30)19-8-10-33-11-9-19)6-7-21(22)25(31)27(4)14-23(16)32-5/h6-7,12,16-17,19,23H,8-11,13-15H2,1-5H3,(H,26,30)/t16-,17-,23-/m1/s1. The summed E-state index contributed by atoms with van der Waals surface area (Å²) in [5.41, 5.74) is 0.966. The third-order valence-corrected chi connectivity index (χ3v) is 6.71. The van der Waals surface area contributed by atoms with Crippen LogP contribution in [0.4, 0.5) is 5.69 Å². The molecule has 9 nitrogen and oxygen atoms in total. The molecule has 1 fully saturated rings. The minimum Gasteiger partial charge on any atom is -0.491 e. The second kappa shape index (κ2) is 11.7. The van der Waals surface area contributed by atoms with Crippen LogP contribution in [0.1, 0.15) is 44.0 Å². The van der Waals surface area contributed by atoms with Crippen LogP contribution in [0.15, 0.2) is 18.2 Å². The molecule has 0 spiro atoms. The van der Waals surface area contributed by atoms with Crippen LogP contribution in [0.5, 0.6) is 5.75 Å². The van der Waals surface area contributed by atoms with Gasteiger partial charge < -0.3 is 29.3 Å². The van der Waals surface area contributed by atoms with Crippen molar-refractivity contribution in [2.24, 2.45) is 11.8 Å². The van der Waals surface area contributed by atoms with Gasteiger partial charge in [-0.25, -0.2) is 0 Å². The van der Waals surface area contributed by atoms with E-state index in [1.165, 1.54) is 0 Å². The van der Waals surface area contributed by atoms with Crippen molar-refractivity contribution in [2.45, 2.75) is 45.8 Å². The van der Waals surface area contributed by atoms with Gasteiger partial charge in [-0.1, -0.05) is 6.92 Å². The molecule has 2 heterocycles. The van der Waals surface area contributed by atoms with Gasteiger partial charge >= 0.3 is 0 Å². The van der Waals surface area contributed by atoms with Crippen molar-refractivity contribution in [1.82, 2.24) is 9.80 Å². The molecular weight excluding hydrogens is 438 g/mol. The van der Waals surface area contributed by atoms with Gasteiger partial charge in [0.15, 0.2) is 0 Å². The van der Waals surface area contributed by atoms with Crippen molar-refractivity contribution >= 4 is 23.4 Å². The molecule has 1 aromatic rings. The predicted molar refractivity (Wildman–Crippen MR) is 128 cm³/mol. The number of hydrogen-bond donors (Lipinski definition) is 1. The number of carbonyl (C=O) groups is 3. The highest BCUT2D eigenvalue weighted by Gasteiger charge is 2.29. The highest BCUT2D eigenvalue weighted by atomic mass is 16.5. The third kappa shape index (κ3) is 6.27. The Morgan fingerprint density at radius 1 is 1.15 bits per heavy atom. The SMILES string of the molecule is CO[C@@H]1CN(C)C(=O)c2ccc(NC(=O)C3CCOCC3)cc2OC[C@@H](C)N(C(C)=O)C[C@H]1C. The van der Waals surface area contributed by atoms with E-state index in [-0.39, 0.29) is 48.3 Å². The number of nitrogens with zero attached hydrogens (tertiary/aromatic N) is 2. The molecule has 0 radical (unpaired) electrons. The Kier molecular flexibility index (Phi) is 8.90. The largest absolute Gasteiger partial charge is 0.491 e. The van der Waals surface area contributed by atoms with Gasteiger partial charge in [-0.3, -0.25) is 14.4 Å². The van der Waals surface area contributed by atoms with Crippen molar-refractivity contribution in [3.63, 3.8) is 0 Å². The zero-order chi connectivity index (χ0) is 24.8. The fourth-order valence-electron chi connectivity index (χ4n) is 4.49. The maximum atomic E-state index is 13.3. The fourth-order valence-corrected chi connectivity index (χ4v) is 4.49. The number of benzene rings is 1. The maximum absolute atomic E-state index is 13.3. The molecule has 0 unspecified atom stereocenters. The van der Waals surface area contributed by atoms with Crippen LogP contribution in [-0.2, 0) is 19.1 Å². The number of hydrogen-bond acceptors (Lipinski definition) is 6. The van der Waals surface area contributed by atoms with Crippen molar-refractivity contribution in [3.8, 4) is 5.75 Å². The number of anilines is 1. The van der Waals surface area contributed by atoms with E-state index < -0.39 is 0 Å². The predicted octanol–water partition coefficient (Wildman–Crippen LogP) is 2.40. The minimum atomic E-state index is -0.232. The summed E-state index contributed by atoms with van der Waals surface area (Å²) in [5.74, 6) is 0.00136. The van der Waals surface area contributed by atoms with Crippen LogP contribution in [0.25, 0.3) is 0 Å². The van der Waals surface area contributed by atoms with Gasteiger partial charge in [0.25, 0.3) is 5.91 Å². The molecule has 1 aromatic carbocycles. The molecule has 34 heavy (non-hydrogen) atoms. The molecule has 0 saturated carbocycles. The molecule has 3 amide bonds. The highest BCUT2D eigenvalue weighted by molar-refractivity contribution is 5.98. The smallest absolute Gasteiger partial charge is 0.257 e. The summed E-state index contributed by atoms with van der Waals surface area (Å²) in [4.78, 5) is 41.7. The first-order valence-corrected chi connectivity index (χ1v) is 11.9. The lowest BCUT2D eigenvalue weighted by Gasteiger charge is -2.35. The maximum Gasteiger partial charge on any atom is 0.257 e. The van der Waals surface area contributed by atoms with E-state index in [1.807, 2.05) is 13.8 Å². The zero-order valence-corrected chi connectivity index (χ0v) is 20.8. The molecule has 0 bridgehead atoms.